The van der Waals surface area contributed by atoms with E-state index in [0.29, 0.717) is 24.1 Å². The average Bonchev–Trinajstić information content (AvgIpc) is 3.01. The van der Waals surface area contributed by atoms with Crippen LogP contribution in [-0.2, 0) is 9.53 Å². The Labute approximate surface area is 138 Å². The highest BCUT2D eigenvalue weighted by Crippen LogP contribution is 2.26. The normalized spacial score (nSPS) is 10.6. The summed E-state index contributed by atoms with van der Waals surface area (Å²) in [6.45, 7) is 2.94. The third-order valence-corrected chi connectivity index (χ3v) is 3.88. The SMILES string of the molecule is COCCNC(=O)CSc1nnnn1-c1cc(C)ccc1OC. The maximum absolute atomic E-state index is 11.7. The van der Waals surface area contributed by atoms with Crippen LogP contribution < -0.4 is 10.1 Å². The molecule has 1 aromatic carbocycles. The van der Waals surface area contributed by atoms with Gasteiger partial charge >= 0.3 is 0 Å². The lowest BCUT2D eigenvalue weighted by molar-refractivity contribution is -0.118. The molecule has 9 heteroatoms. The molecule has 0 bridgehead atoms. The zero-order chi connectivity index (χ0) is 16.7. The minimum Gasteiger partial charge on any atom is -0.494 e. The maximum Gasteiger partial charge on any atom is 0.230 e. The zero-order valence-corrected chi connectivity index (χ0v) is 14.1. The highest BCUT2D eigenvalue weighted by Gasteiger charge is 2.15. The maximum atomic E-state index is 11.7. The Balaban J connectivity index is 2.08. The molecule has 23 heavy (non-hydrogen) atoms. The number of tetrazole rings is 1. The molecule has 8 nitrogen and oxygen atoms in total. The molecule has 1 amide bonds. The molecule has 1 N–H and O–H groups in total. The van der Waals surface area contributed by atoms with Gasteiger partial charge < -0.3 is 14.8 Å². The fourth-order valence-corrected chi connectivity index (χ4v) is 2.57. The number of aromatic nitrogens is 4. The van der Waals surface area contributed by atoms with Gasteiger partial charge in [0.2, 0.25) is 11.1 Å². The molecule has 0 radical (unpaired) electrons. The number of benzene rings is 1. The number of aryl methyl sites for hydroxylation is 1. The molecule has 0 aliphatic rings. The van der Waals surface area contributed by atoms with E-state index in [2.05, 4.69) is 20.8 Å². The zero-order valence-electron chi connectivity index (χ0n) is 13.3. The number of hydrogen-bond donors (Lipinski definition) is 1. The summed E-state index contributed by atoms with van der Waals surface area (Å²) in [4.78, 5) is 11.7. The van der Waals surface area contributed by atoms with Crippen molar-refractivity contribution < 1.29 is 14.3 Å². The summed E-state index contributed by atoms with van der Waals surface area (Å²) < 4.78 is 11.8. The molecule has 0 unspecified atom stereocenters. The van der Waals surface area contributed by atoms with Crippen LogP contribution in [-0.4, -0.2) is 59.2 Å². The second-order valence-electron chi connectivity index (χ2n) is 4.68. The predicted octanol–water partition coefficient (Wildman–Crippen LogP) is 0.834. The summed E-state index contributed by atoms with van der Waals surface area (Å²) in [6.07, 6.45) is 0. The number of thioether (sulfide) groups is 1. The number of carbonyl (C=O) groups is 1. The molecule has 1 heterocycles. The first kappa shape index (κ1) is 17.2. The molecule has 0 fully saturated rings. The predicted molar refractivity (Wildman–Crippen MR) is 86.1 cm³/mol. The molecule has 0 spiro atoms. The van der Waals surface area contributed by atoms with E-state index in [4.69, 9.17) is 9.47 Å². The number of rotatable bonds is 8. The lowest BCUT2D eigenvalue weighted by atomic mass is 10.2. The average molecular weight is 337 g/mol. The number of nitrogens with zero attached hydrogens (tertiary/aromatic N) is 4. The van der Waals surface area contributed by atoms with Gasteiger partial charge in [0.05, 0.1) is 19.5 Å². The Morgan fingerprint density at radius 1 is 1.39 bits per heavy atom. The molecule has 2 rings (SSSR count). The molecule has 0 saturated carbocycles. The van der Waals surface area contributed by atoms with Crippen LogP contribution in [0.2, 0.25) is 0 Å². The van der Waals surface area contributed by atoms with Crippen LogP contribution in [0.5, 0.6) is 5.75 Å². The van der Waals surface area contributed by atoms with Gasteiger partial charge in [-0.05, 0) is 35.0 Å². The first-order valence-electron chi connectivity index (χ1n) is 6.97. The second-order valence-corrected chi connectivity index (χ2v) is 5.62. The highest BCUT2D eigenvalue weighted by molar-refractivity contribution is 7.99. The van der Waals surface area contributed by atoms with Crippen LogP contribution in [0, 0.1) is 6.92 Å². The van der Waals surface area contributed by atoms with Gasteiger partial charge in [0.1, 0.15) is 11.4 Å². The number of ether oxygens (including phenoxy) is 2. The van der Waals surface area contributed by atoms with Crippen LogP contribution in [0.4, 0.5) is 0 Å². The second kappa shape index (κ2) is 8.49. The fourth-order valence-electron chi connectivity index (χ4n) is 1.86. The van der Waals surface area contributed by atoms with Gasteiger partial charge in [0.15, 0.2) is 0 Å². The van der Waals surface area contributed by atoms with E-state index in [0.717, 1.165) is 11.3 Å². The molecule has 2 aromatic rings. The van der Waals surface area contributed by atoms with Crippen molar-refractivity contribution >= 4 is 17.7 Å². The van der Waals surface area contributed by atoms with E-state index < -0.39 is 0 Å². The molecule has 0 atom stereocenters. The van der Waals surface area contributed by atoms with Crippen molar-refractivity contribution in [2.24, 2.45) is 0 Å². The van der Waals surface area contributed by atoms with Crippen molar-refractivity contribution in [2.45, 2.75) is 12.1 Å². The van der Waals surface area contributed by atoms with Gasteiger partial charge in [-0.2, -0.15) is 4.68 Å². The molecular weight excluding hydrogens is 318 g/mol. The minimum absolute atomic E-state index is 0.0993. The Morgan fingerprint density at radius 2 is 2.22 bits per heavy atom. The van der Waals surface area contributed by atoms with E-state index in [1.54, 1.807) is 18.9 Å². The summed E-state index contributed by atoms with van der Waals surface area (Å²) in [6, 6.07) is 5.74. The third-order valence-electron chi connectivity index (χ3n) is 2.96. The topological polar surface area (TPSA) is 91.2 Å². The van der Waals surface area contributed by atoms with Crippen molar-refractivity contribution in [3.63, 3.8) is 0 Å². The highest BCUT2D eigenvalue weighted by atomic mass is 32.2. The third kappa shape index (κ3) is 4.67. The molecule has 0 saturated heterocycles. The summed E-state index contributed by atoms with van der Waals surface area (Å²) >= 11 is 1.26. The van der Waals surface area contributed by atoms with Crippen molar-refractivity contribution in [1.82, 2.24) is 25.5 Å². The lowest BCUT2D eigenvalue weighted by Gasteiger charge is -2.10. The smallest absolute Gasteiger partial charge is 0.230 e. The fraction of sp³-hybridized carbons (Fsp3) is 0.429. The number of nitrogens with one attached hydrogen (secondary N) is 1. The summed E-state index contributed by atoms with van der Waals surface area (Å²) in [7, 11) is 3.18. The largest absolute Gasteiger partial charge is 0.494 e. The minimum atomic E-state index is -0.0993. The van der Waals surface area contributed by atoms with Crippen LogP contribution in [0.1, 0.15) is 5.56 Å². The molecule has 0 aliphatic carbocycles. The van der Waals surface area contributed by atoms with Gasteiger partial charge in [0.25, 0.3) is 0 Å². The Bertz CT molecular complexity index is 662. The van der Waals surface area contributed by atoms with Gasteiger partial charge in [-0.25, -0.2) is 0 Å². The number of carbonyl (C=O) groups excluding carboxylic acids is 1. The monoisotopic (exact) mass is 337 g/mol. The summed E-state index contributed by atoms with van der Waals surface area (Å²) in [5, 5.41) is 14.9. The van der Waals surface area contributed by atoms with Crippen LogP contribution in [0.3, 0.4) is 0 Å². The molecule has 124 valence electrons. The van der Waals surface area contributed by atoms with Crippen LogP contribution in [0.15, 0.2) is 23.4 Å². The molecule has 0 aliphatic heterocycles. The quantitative estimate of drug-likeness (QED) is 0.563. The number of amides is 1. The Kier molecular flexibility index (Phi) is 6.36. The molecular formula is C14H19N5O3S. The first-order valence-corrected chi connectivity index (χ1v) is 7.96. The molecule has 1 aromatic heterocycles. The van der Waals surface area contributed by atoms with E-state index >= 15 is 0 Å². The van der Waals surface area contributed by atoms with E-state index in [1.807, 2.05) is 25.1 Å². The van der Waals surface area contributed by atoms with Crippen molar-refractivity contribution in [3.05, 3.63) is 23.8 Å². The summed E-state index contributed by atoms with van der Waals surface area (Å²) in [5.41, 5.74) is 1.80. The van der Waals surface area contributed by atoms with E-state index in [-0.39, 0.29) is 11.7 Å². The van der Waals surface area contributed by atoms with E-state index in [9.17, 15) is 4.79 Å². The van der Waals surface area contributed by atoms with Gasteiger partial charge in [0, 0.05) is 13.7 Å². The van der Waals surface area contributed by atoms with Crippen LogP contribution in [0.25, 0.3) is 5.69 Å². The Morgan fingerprint density at radius 3 is 2.96 bits per heavy atom. The number of methoxy groups -OCH3 is 2. The standard InChI is InChI=1S/C14H19N5O3S/c1-10-4-5-12(22-3)11(8-10)19-14(16-17-18-19)23-9-13(20)15-6-7-21-2/h4-5,8H,6-7,9H2,1-3H3,(H,15,20). The van der Waals surface area contributed by atoms with Crippen molar-refractivity contribution in [1.29, 1.82) is 0 Å². The van der Waals surface area contributed by atoms with Gasteiger partial charge in [-0.15, -0.1) is 5.10 Å². The van der Waals surface area contributed by atoms with Crippen molar-refractivity contribution in [3.8, 4) is 11.4 Å². The van der Waals surface area contributed by atoms with E-state index in [1.165, 1.54) is 11.8 Å². The number of hydrogen-bond acceptors (Lipinski definition) is 7. The van der Waals surface area contributed by atoms with Crippen LogP contribution >= 0.6 is 11.8 Å². The lowest BCUT2D eigenvalue weighted by Crippen LogP contribution is -2.28. The van der Waals surface area contributed by atoms with Gasteiger partial charge in [-0.1, -0.05) is 17.8 Å². The Hall–Kier alpha value is -2.13. The van der Waals surface area contributed by atoms with Crippen molar-refractivity contribution in [2.75, 3.05) is 33.1 Å². The van der Waals surface area contributed by atoms with Gasteiger partial charge in [-0.3, -0.25) is 4.79 Å². The summed E-state index contributed by atoms with van der Waals surface area (Å²) in [5.74, 6) is 0.783. The first-order chi connectivity index (χ1) is 11.2.